The van der Waals surface area contributed by atoms with Crippen LogP contribution < -0.4 is 4.74 Å². The molecule has 1 saturated heterocycles. The van der Waals surface area contributed by atoms with Crippen LogP contribution in [0.1, 0.15) is 0 Å². The van der Waals surface area contributed by atoms with E-state index in [4.69, 9.17) is 9.47 Å². The van der Waals surface area contributed by atoms with Crippen molar-refractivity contribution < 1.29 is 14.4 Å². The zero-order chi connectivity index (χ0) is 12.8. The molecule has 1 aliphatic rings. The van der Waals surface area contributed by atoms with Crippen LogP contribution in [0, 0.1) is 10.1 Å². The molecule has 18 heavy (non-hydrogen) atoms. The number of nitro groups is 1. The van der Waals surface area contributed by atoms with Crippen molar-refractivity contribution >= 4 is 5.69 Å². The van der Waals surface area contributed by atoms with Crippen molar-refractivity contribution in [2.24, 2.45) is 0 Å². The first-order valence-corrected chi connectivity index (χ1v) is 5.93. The van der Waals surface area contributed by atoms with Gasteiger partial charge in [-0.2, -0.15) is 0 Å². The molecule has 0 bridgehead atoms. The molecule has 1 aliphatic heterocycles. The summed E-state index contributed by atoms with van der Waals surface area (Å²) >= 11 is 0. The average molecular weight is 252 g/mol. The number of benzene rings is 1. The molecule has 0 radical (unpaired) electrons. The second kappa shape index (κ2) is 6.32. The predicted molar refractivity (Wildman–Crippen MR) is 65.9 cm³/mol. The molecule has 6 nitrogen and oxygen atoms in total. The summed E-state index contributed by atoms with van der Waals surface area (Å²) in [6.07, 6.45) is 0. The monoisotopic (exact) mass is 252 g/mol. The molecular formula is C12H16N2O4. The van der Waals surface area contributed by atoms with Crippen LogP contribution in [0.4, 0.5) is 5.69 Å². The summed E-state index contributed by atoms with van der Waals surface area (Å²) in [7, 11) is 0. The highest BCUT2D eigenvalue weighted by Crippen LogP contribution is 2.18. The SMILES string of the molecule is O=[N+]([O-])c1cccc(OCCN2CCOCC2)c1. The number of hydrogen-bond acceptors (Lipinski definition) is 5. The summed E-state index contributed by atoms with van der Waals surface area (Å²) < 4.78 is 10.8. The van der Waals surface area contributed by atoms with Gasteiger partial charge in [-0.1, -0.05) is 6.07 Å². The topological polar surface area (TPSA) is 64.8 Å². The van der Waals surface area contributed by atoms with Gasteiger partial charge in [0.05, 0.1) is 24.2 Å². The van der Waals surface area contributed by atoms with E-state index >= 15 is 0 Å². The van der Waals surface area contributed by atoms with Crippen LogP contribution in [-0.2, 0) is 4.74 Å². The first-order chi connectivity index (χ1) is 8.75. The lowest BCUT2D eigenvalue weighted by Crippen LogP contribution is -2.38. The van der Waals surface area contributed by atoms with Crippen molar-refractivity contribution in [3.63, 3.8) is 0 Å². The van der Waals surface area contributed by atoms with E-state index in [-0.39, 0.29) is 5.69 Å². The molecule has 0 saturated carbocycles. The largest absolute Gasteiger partial charge is 0.492 e. The standard InChI is InChI=1S/C12H16N2O4/c15-14(16)11-2-1-3-12(10-11)18-9-6-13-4-7-17-8-5-13/h1-3,10H,4-9H2. The fourth-order valence-corrected chi connectivity index (χ4v) is 1.80. The number of rotatable bonds is 5. The molecule has 0 atom stereocenters. The van der Waals surface area contributed by atoms with Crippen molar-refractivity contribution in [2.45, 2.75) is 0 Å². The summed E-state index contributed by atoms with van der Waals surface area (Å²) in [5.41, 5.74) is 0.0545. The zero-order valence-corrected chi connectivity index (χ0v) is 10.1. The van der Waals surface area contributed by atoms with Gasteiger partial charge in [0.1, 0.15) is 12.4 Å². The Bertz CT molecular complexity index is 405. The summed E-state index contributed by atoms with van der Waals surface area (Å²) in [6, 6.07) is 6.25. The van der Waals surface area contributed by atoms with Crippen LogP contribution in [0.3, 0.4) is 0 Å². The second-order valence-corrected chi connectivity index (χ2v) is 4.06. The van der Waals surface area contributed by atoms with Gasteiger partial charge < -0.3 is 9.47 Å². The van der Waals surface area contributed by atoms with Crippen LogP contribution in [0.15, 0.2) is 24.3 Å². The number of nitro benzene ring substituents is 1. The molecule has 0 spiro atoms. The minimum Gasteiger partial charge on any atom is -0.492 e. The van der Waals surface area contributed by atoms with E-state index in [1.165, 1.54) is 12.1 Å². The van der Waals surface area contributed by atoms with E-state index in [0.717, 1.165) is 32.8 Å². The summed E-state index contributed by atoms with van der Waals surface area (Å²) in [4.78, 5) is 12.4. The maximum absolute atomic E-state index is 10.6. The maximum atomic E-state index is 10.6. The number of non-ortho nitro benzene ring substituents is 1. The Hall–Kier alpha value is -1.66. The normalized spacial score (nSPS) is 16.4. The first kappa shape index (κ1) is 12.8. The molecule has 0 amide bonds. The molecule has 98 valence electrons. The van der Waals surface area contributed by atoms with Crippen molar-refractivity contribution in [2.75, 3.05) is 39.5 Å². The summed E-state index contributed by atoms with van der Waals surface area (Å²) in [5, 5.41) is 10.6. The van der Waals surface area contributed by atoms with Crippen LogP contribution in [0.25, 0.3) is 0 Å². The van der Waals surface area contributed by atoms with Gasteiger partial charge in [-0.15, -0.1) is 0 Å². The number of nitrogens with zero attached hydrogens (tertiary/aromatic N) is 2. The third-order valence-electron chi connectivity index (χ3n) is 2.81. The minimum atomic E-state index is -0.422. The average Bonchev–Trinajstić information content (AvgIpc) is 2.40. The van der Waals surface area contributed by atoms with Crippen LogP contribution in [-0.4, -0.2) is 49.3 Å². The van der Waals surface area contributed by atoms with Gasteiger partial charge in [-0.05, 0) is 6.07 Å². The summed E-state index contributed by atoms with van der Waals surface area (Å²) in [5.74, 6) is 0.539. The molecular weight excluding hydrogens is 236 g/mol. The highest BCUT2D eigenvalue weighted by atomic mass is 16.6. The van der Waals surface area contributed by atoms with E-state index < -0.39 is 4.92 Å². The molecule has 0 N–H and O–H groups in total. The number of ether oxygens (including phenoxy) is 2. The molecule has 1 heterocycles. The fourth-order valence-electron chi connectivity index (χ4n) is 1.80. The minimum absolute atomic E-state index is 0.0545. The van der Waals surface area contributed by atoms with E-state index in [1.807, 2.05) is 0 Å². The Kier molecular flexibility index (Phi) is 4.49. The second-order valence-electron chi connectivity index (χ2n) is 4.06. The Morgan fingerprint density at radius 3 is 2.89 bits per heavy atom. The number of hydrogen-bond donors (Lipinski definition) is 0. The Morgan fingerprint density at radius 2 is 2.17 bits per heavy atom. The van der Waals surface area contributed by atoms with Crippen LogP contribution >= 0.6 is 0 Å². The lowest BCUT2D eigenvalue weighted by molar-refractivity contribution is -0.384. The van der Waals surface area contributed by atoms with Gasteiger partial charge in [0.15, 0.2) is 0 Å². The fraction of sp³-hybridized carbons (Fsp3) is 0.500. The van der Waals surface area contributed by atoms with E-state index in [9.17, 15) is 10.1 Å². The van der Waals surface area contributed by atoms with Gasteiger partial charge in [0.2, 0.25) is 0 Å². The molecule has 1 aromatic carbocycles. The molecule has 0 aliphatic carbocycles. The smallest absolute Gasteiger partial charge is 0.273 e. The Morgan fingerprint density at radius 1 is 1.39 bits per heavy atom. The molecule has 1 fully saturated rings. The number of morpholine rings is 1. The highest BCUT2D eigenvalue weighted by molar-refractivity contribution is 5.37. The van der Waals surface area contributed by atoms with E-state index in [0.29, 0.717) is 12.4 Å². The first-order valence-electron chi connectivity index (χ1n) is 5.93. The van der Waals surface area contributed by atoms with Gasteiger partial charge in [-0.25, -0.2) is 0 Å². The molecule has 0 aromatic heterocycles. The third-order valence-corrected chi connectivity index (χ3v) is 2.81. The maximum Gasteiger partial charge on any atom is 0.273 e. The van der Waals surface area contributed by atoms with Gasteiger partial charge in [-0.3, -0.25) is 15.0 Å². The molecule has 2 rings (SSSR count). The Balaban J connectivity index is 1.78. The van der Waals surface area contributed by atoms with Gasteiger partial charge in [0, 0.05) is 25.7 Å². The molecule has 1 aromatic rings. The lowest BCUT2D eigenvalue weighted by atomic mass is 10.3. The zero-order valence-electron chi connectivity index (χ0n) is 10.1. The van der Waals surface area contributed by atoms with Gasteiger partial charge in [0.25, 0.3) is 5.69 Å². The molecule has 6 heteroatoms. The van der Waals surface area contributed by atoms with Crippen LogP contribution in [0.5, 0.6) is 5.75 Å². The highest BCUT2D eigenvalue weighted by Gasteiger charge is 2.10. The lowest BCUT2D eigenvalue weighted by Gasteiger charge is -2.26. The van der Waals surface area contributed by atoms with E-state index in [1.54, 1.807) is 12.1 Å². The molecule has 0 unspecified atom stereocenters. The Labute approximate surface area is 105 Å². The van der Waals surface area contributed by atoms with Crippen molar-refractivity contribution in [1.82, 2.24) is 4.90 Å². The summed E-state index contributed by atoms with van der Waals surface area (Å²) in [6.45, 7) is 4.69. The van der Waals surface area contributed by atoms with E-state index in [2.05, 4.69) is 4.90 Å². The van der Waals surface area contributed by atoms with Crippen LogP contribution in [0.2, 0.25) is 0 Å². The van der Waals surface area contributed by atoms with Crippen molar-refractivity contribution in [1.29, 1.82) is 0 Å². The third kappa shape index (κ3) is 3.68. The van der Waals surface area contributed by atoms with Crippen molar-refractivity contribution in [3.05, 3.63) is 34.4 Å². The van der Waals surface area contributed by atoms with Gasteiger partial charge >= 0.3 is 0 Å². The quantitative estimate of drug-likeness (QED) is 0.584. The predicted octanol–water partition coefficient (Wildman–Crippen LogP) is 1.31. The van der Waals surface area contributed by atoms with Crippen molar-refractivity contribution in [3.8, 4) is 5.75 Å².